The van der Waals surface area contributed by atoms with E-state index in [-0.39, 0.29) is 24.2 Å². The number of benzene rings is 1. The summed E-state index contributed by atoms with van der Waals surface area (Å²) in [6.07, 6.45) is 1.69. The van der Waals surface area contributed by atoms with Crippen molar-refractivity contribution in [2.45, 2.75) is 44.3 Å². The number of nitrogens with zero attached hydrogens (tertiary/aromatic N) is 3. The third-order valence-electron chi connectivity index (χ3n) is 6.27. The van der Waals surface area contributed by atoms with Crippen LogP contribution in [0.3, 0.4) is 0 Å². The second-order valence-electron chi connectivity index (χ2n) is 8.52. The number of nitriles is 1. The molecule has 2 aliphatic heterocycles. The van der Waals surface area contributed by atoms with Gasteiger partial charge in [-0.1, -0.05) is 6.92 Å². The molecule has 2 saturated heterocycles. The Balaban J connectivity index is 1.53. The van der Waals surface area contributed by atoms with Crippen molar-refractivity contribution in [2.75, 3.05) is 44.3 Å². The predicted octanol–water partition coefficient (Wildman–Crippen LogP) is 1.55. The number of carbonyl (C=O) groups is 1. The Morgan fingerprint density at radius 1 is 1.28 bits per heavy atom. The van der Waals surface area contributed by atoms with Crippen molar-refractivity contribution in [2.24, 2.45) is 0 Å². The van der Waals surface area contributed by atoms with Crippen molar-refractivity contribution in [1.82, 2.24) is 15.1 Å². The molecule has 1 amide bonds. The van der Waals surface area contributed by atoms with Gasteiger partial charge in [0.2, 0.25) is 0 Å². The smallest absolute Gasteiger partial charge is 0.405 e. The van der Waals surface area contributed by atoms with Gasteiger partial charge in [-0.15, -0.1) is 0 Å². The molecule has 9 nitrogen and oxygen atoms in total. The molecule has 0 radical (unpaired) electrons. The highest BCUT2D eigenvalue weighted by atomic mass is 32.2. The zero-order chi connectivity index (χ0) is 23.1. The van der Waals surface area contributed by atoms with E-state index in [2.05, 4.69) is 21.2 Å². The van der Waals surface area contributed by atoms with E-state index >= 15 is 0 Å². The van der Waals surface area contributed by atoms with E-state index in [9.17, 15) is 18.3 Å². The number of fused-ring (bicyclic) bond motifs is 2. The highest BCUT2D eigenvalue weighted by molar-refractivity contribution is 7.91. The van der Waals surface area contributed by atoms with Crippen LogP contribution in [0.4, 0.5) is 4.79 Å². The van der Waals surface area contributed by atoms with Crippen LogP contribution >= 0.6 is 0 Å². The van der Waals surface area contributed by atoms with Crippen molar-refractivity contribution in [3.8, 4) is 11.8 Å². The summed E-state index contributed by atoms with van der Waals surface area (Å²) in [7, 11) is -2.93. The zero-order valence-corrected chi connectivity index (χ0v) is 19.3. The number of ether oxygens (including phenoxy) is 1. The van der Waals surface area contributed by atoms with Crippen molar-refractivity contribution in [3.63, 3.8) is 0 Å². The maximum absolute atomic E-state index is 11.7. The van der Waals surface area contributed by atoms with Gasteiger partial charge in [0.25, 0.3) is 0 Å². The molecule has 2 unspecified atom stereocenters. The van der Waals surface area contributed by atoms with E-state index in [1.54, 1.807) is 31.2 Å². The molecule has 1 aromatic rings. The van der Waals surface area contributed by atoms with Crippen LogP contribution in [0, 0.1) is 11.3 Å². The van der Waals surface area contributed by atoms with E-state index in [0.717, 1.165) is 32.5 Å². The molecule has 2 fully saturated rings. The molecule has 2 heterocycles. The summed E-state index contributed by atoms with van der Waals surface area (Å²) in [4.78, 5) is 16.0. The van der Waals surface area contributed by atoms with Gasteiger partial charge in [0.15, 0.2) is 0 Å². The van der Waals surface area contributed by atoms with Crippen LogP contribution in [0.15, 0.2) is 24.3 Å². The first-order chi connectivity index (χ1) is 15.3. The lowest BCUT2D eigenvalue weighted by Crippen LogP contribution is -2.58. The van der Waals surface area contributed by atoms with Gasteiger partial charge in [-0.3, -0.25) is 4.90 Å². The third-order valence-corrected chi connectivity index (χ3v) is 8.06. The van der Waals surface area contributed by atoms with Crippen LogP contribution in [0.25, 0.3) is 0 Å². The number of sulfone groups is 1. The fourth-order valence-electron chi connectivity index (χ4n) is 4.60. The molecule has 0 aromatic heterocycles. The minimum absolute atomic E-state index is 0.189. The molecule has 2 N–H and O–H groups in total. The molecule has 0 spiro atoms. The Morgan fingerprint density at radius 2 is 1.94 bits per heavy atom. The Labute approximate surface area is 189 Å². The Morgan fingerprint density at radius 3 is 2.50 bits per heavy atom. The van der Waals surface area contributed by atoms with Crippen molar-refractivity contribution >= 4 is 15.9 Å². The normalized spacial score (nSPS) is 22.2. The maximum atomic E-state index is 11.7. The quantitative estimate of drug-likeness (QED) is 0.506. The molecule has 0 saturated carbocycles. The molecular weight excluding hydrogens is 432 g/mol. The summed E-state index contributed by atoms with van der Waals surface area (Å²) in [5.41, 5.74) is 0.541. The highest BCUT2D eigenvalue weighted by Gasteiger charge is 2.40. The minimum atomic E-state index is -2.93. The Hall–Kier alpha value is -2.35. The van der Waals surface area contributed by atoms with E-state index in [0.29, 0.717) is 36.4 Å². The largest absolute Gasteiger partial charge is 0.491 e. The lowest BCUT2D eigenvalue weighted by molar-refractivity contribution is 0.0536. The fraction of sp³-hybridized carbons (Fsp3) is 0.636. The highest BCUT2D eigenvalue weighted by Crippen LogP contribution is 2.30. The zero-order valence-electron chi connectivity index (χ0n) is 18.4. The SMILES string of the molecule is CCS(=O)(=O)CCCN1CC2CCC(C1)N2C[C@@H](COc1ccc(C#N)cc1)NC(=O)O. The van der Waals surface area contributed by atoms with Gasteiger partial charge >= 0.3 is 6.09 Å². The summed E-state index contributed by atoms with van der Waals surface area (Å²) in [6, 6.07) is 9.10. The number of amides is 1. The van der Waals surface area contributed by atoms with Crippen LogP contribution in [-0.4, -0.2) is 91.8 Å². The molecular formula is C22H32N4O5S. The van der Waals surface area contributed by atoms with Crippen LogP contribution < -0.4 is 10.1 Å². The average Bonchev–Trinajstić information content (AvgIpc) is 2.99. The van der Waals surface area contributed by atoms with E-state index in [4.69, 9.17) is 10.00 Å². The second-order valence-corrected chi connectivity index (χ2v) is 11.0. The predicted molar refractivity (Wildman–Crippen MR) is 121 cm³/mol. The number of nitrogens with one attached hydrogen (secondary N) is 1. The third kappa shape index (κ3) is 6.82. The maximum Gasteiger partial charge on any atom is 0.405 e. The Kier molecular flexibility index (Phi) is 8.34. The van der Waals surface area contributed by atoms with Crippen LogP contribution in [0.1, 0.15) is 31.7 Å². The summed E-state index contributed by atoms with van der Waals surface area (Å²) in [6.45, 7) is 4.97. The molecule has 1 aromatic carbocycles. The topological polar surface area (TPSA) is 123 Å². The average molecular weight is 465 g/mol. The molecule has 3 rings (SSSR count). The first-order valence-corrected chi connectivity index (χ1v) is 12.9. The van der Waals surface area contributed by atoms with Crippen molar-refractivity contribution in [1.29, 1.82) is 5.26 Å². The van der Waals surface area contributed by atoms with E-state index < -0.39 is 15.9 Å². The number of piperazine rings is 1. The number of likely N-dealkylation sites (tertiary alicyclic amines) is 1. The molecule has 2 bridgehead atoms. The second kappa shape index (κ2) is 11.0. The first kappa shape index (κ1) is 24.3. The Bertz CT molecular complexity index is 901. The number of hydrogen-bond donors (Lipinski definition) is 2. The van der Waals surface area contributed by atoms with Crippen molar-refractivity contribution in [3.05, 3.63) is 29.8 Å². The van der Waals surface area contributed by atoms with Gasteiger partial charge in [-0.25, -0.2) is 13.2 Å². The minimum Gasteiger partial charge on any atom is -0.491 e. The molecule has 10 heteroatoms. The standard InChI is InChI=1S/C22H32N4O5S/c1-2-32(29,30)11-3-10-25-14-19-6-7-20(15-25)26(19)13-18(24-22(27)28)16-31-21-8-4-17(12-23)5-9-21/h4-5,8-9,18-20,24H,2-3,6-7,10-11,13-16H2,1H3,(H,27,28)/t18-,19?,20?/m0/s1. The van der Waals surface area contributed by atoms with Gasteiger partial charge < -0.3 is 20.1 Å². The van der Waals surface area contributed by atoms with Crippen molar-refractivity contribution < 1.29 is 23.1 Å². The lowest BCUT2D eigenvalue weighted by Gasteiger charge is -2.42. The lowest BCUT2D eigenvalue weighted by atomic mass is 10.1. The molecule has 2 aliphatic rings. The van der Waals surface area contributed by atoms with Crippen LogP contribution in [0.5, 0.6) is 5.75 Å². The van der Waals surface area contributed by atoms with Gasteiger partial charge in [-0.2, -0.15) is 5.26 Å². The molecule has 176 valence electrons. The van der Waals surface area contributed by atoms with Crippen LogP contribution in [0.2, 0.25) is 0 Å². The number of rotatable bonds is 11. The number of carboxylic acid groups (broad SMARTS) is 1. The molecule has 0 aliphatic carbocycles. The van der Waals surface area contributed by atoms with Gasteiger partial charge in [0, 0.05) is 37.5 Å². The fourth-order valence-corrected chi connectivity index (χ4v) is 5.46. The number of hydrogen-bond acceptors (Lipinski definition) is 7. The van der Waals surface area contributed by atoms with Gasteiger partial charge in [-0.05, 0) is 50.1 Å². The summed E-state index contributed by atoms with van der Waals surface area (Å²) >= 11 is 0. The van der Waals surface area contributed by atoms with Gasteiger partial charge in [0.05, 0.1) is 23.4 Å². The summed E-state index contributed by atoms with van der Waals surface area (Å²) < 4.78 is 29.3. The van der Waals surface area contributed by atoms with Crippen LogP contribution in [-0.2, 0) is 9.84 Å². The van der Waals surface area contributed by atoms with Gasteiger partial charge in [0.1, 0.15) is 22.2 Å². The van der Waals surface area contributed by atoms with E-state index in [1.165, 1.54) is 0 Å². The summed E-state index contributed by atoms with van der Waals surface area (Å²) in [5.74, 6) is 1.02. The summed E-state index contributed by atoms with van der Waals surface area (Å²) in [5, 5.41) is 20.7. The monoisotopic (exact) mass is 464 g/mol. The molecule has 3 atom stereocenters. The first-order valence-electron chi connectivity index (χ1n) is 11.1. The van der Waals surface area contributed by atoms with E-state index in [1.807, 2.05) is 0 Å². The molecule has 32 heavy (non-hydrogen) atoms.